The first-order valence-electron chi connectivity index (χ1n) is 24.3. The van der Waals surface area contributed by atoms with Gasteiger partial charge in [0.15, 0.2) is 6.10 Å². The molecule has 0 bridgehead atoms. The standard InChI is InChI=1S/C49H86NO10P/c1-7-9-23-29-43-37-40(3)45(58-43)30-25-19-17-18-22-28-34-49(52)59-44(39-57-61(53,54)56-36-35-50-6)38-55-48(51)33-27-21-16-14-12-11-13-15-20-26-32-47-42(5)41(4)46(60-47)31-24-10-8-2/h37,44,50H,7-36,38-39H2,1-6H3,(H,53,54)/t44-/m1/s1. The van der Waals surface area contributed by atoms with Crippen molar-refractivity contribution in [3.63, 3.8) is 0 Å². The van der Waals surface area contributed by atoms with Gasteiger partial charge >= 0.3 is 19.8 Å². The van der Waals surface area contributed by atoms with Crippen LogP contribution in [0.15, 0.2) is 14.9 Å². The van der Waals surface area contributed by atoms with Crippen LogP contribution in [0, 0.1) is 20.8 Å². The third-order valence-electron chi connectivity index (χ3n) is 11.6. The number of nitrogens with one attached hydrogen (secondary N) is 1. The van der Waals surface area contributed by atoms with Gasteiger partial charge < -0.3 is 28.5 Å². The van der Waals surface area contributed by atoms with Gasteiger partial charge in [0.25, 0.3) is 0 Å². The van der Waals surface area contributed by atoms with Gasteiger partial charge in [-0.3, -0.25) is 18.6 Å². The molecule has 2 rings (SSSR count). The SMILES string of the molecule is CCCCCc1cc(C)c(CCCCCCCCC(=O)O[C@H](COC(=O)CCCCCCCCCCCCc2oc(CCCCC)c(C)c2C)COP(=O)(O)OCCNC)o1. The lowest BCUT2D eigenvalue weighted by Crippen LogP contribution is -2.29. The van der Waals surface area contributed by atoms with E-state index >= 15 is 0 Å². The fraction of sp³-hybridized carbons (Fsp3) is 0.796. The number of esters is 2. The van der Waals surface area contributed by atoms with Crippen molar-refractivity contribution in [3.05, 3.63) is 45.8 Å². The Kier molecular flexibility index (Phi) is 30.5. The molecule has 0 spiro atoms. The largest absolute Gasteiger partial charge is 0.472 e. The maximum Gasteiger partial charge on any atom is 0.472 e. The van der Waals surface area contributed by atoms with Crippen LogP contribution in [0.3, 0.4) is 0 Å². The lowest BCUT2D eigenvalue weighted by atomic mass is 10.0. The smallest absolute Gasteiger partial charge is 0.466 e. The normalized spacial score (nSPS) is 13.1. The molecule has 0 aliphatic heterocycles. The summed E-state index contributed by atoms with van der Waals surface area (Å²) in [7, 11) is -2.68. The van der Waals surface area contributed by atoms with E-state index in [-0.39, 0.29) is 32.0 Å². The van der Waals surface area contributed by atoms with Crippen LogP contribution < -0.4 is 5.32 Å². The molecule has 2 aromatic rings. The molecular formula is C49H86NO10P. The summed E-state index contributed by atoms with van der Waals surface area (Å²) in [4.78, 5) is 35.4. The van der Waals surface area contributed by atoms with E-state index in [1.807, 2.05) is 0 Å². The second kappa shape index (κ2) is 34.0. The average Bonchev–Trinajstić information content (AvgIpc) is 3.72. The Hall–Kier alpha value is -2.43. The van der Waals surface area contributed by atoms with Gasteiger partial charge in [-0.2, -0.15) is 0 Å². The summed E-state index contributed by atoms with van der Waals surface area (Å²) < 4.78 is 45.7. The molecule has 0 aliphatic carbocycles. The maximum absolute atomic E-state index is 12.7. The van der Waals surface area contributed by atoms with Crippen molar-refractivity contribution in [1.82, 2.24) is 5.32 Å². The number of hydrogen-bond donors (Lipinski definition) is 2. The quantitative estimate of drug-likeness (QED) is 0.0374. The summed E-state index contributed by atoms with van der Waals surface area (Å²) in [6.07, 6.45) is 27.9. The van der Waals surface area contributed by atoms with Crippen molar-refractivity contribution in [2.24, 2.45) is 0 Å². The van der Waals surface area contributed by atoms with Crippen LogP contribution in [0.4, 0.5) is 0 Å². The molecule has 0 radical (unpaired) electrons. The van der Waals surface area contributed by atoms with E-state index in [1.54, 1.807) is 7.05 Å². The first-order valence-corrected chi connectivity index (χ1v) is 25.8. The van der Waals surface area contributed by atoms with Gasteiger partial charge in [-0.25, -0.2) is 4.57 Å². The van der Waals surface area contributed by atoms with Crippen LogP contribution in [-0.2, 0) is 58.4 Å². The van der Waals surface area contributed by atoms with Gasteiger partial charge in [0.2, 0.25) is 0 Å². The number of furan rings is 2. The number of aryl methyl sites for hydroxylation is 5. The fourth-order valence-electron chi connectivity index (χ4n) is 7.57. The van der Waals surface area contributed by atoms with Crippen molar-refractivity contribution < 1.29 is 46.4 Å². The molecule has 12 heteroatoms. The minimum Gasteiger partial charge on any atom is -0.466 e. The molecule has 2 aromatic heterocycles. The van der Waals surface area contributed by atoms with Crippen LogP contribution in [0.2, 0.25) is 0 Å². The Morgan fingerprint density at radius 1 is 0.623 bits per heavy atom. The summed E-state index contributed by atoms with van der Waals surface area (Å²) in [5, 5.41) is 2.83. The van der Waals surface area contributed by atoms with Gasteiger partial charge in [-0.1, -0.05) is 117 Å². The summed E-state index contributed by atoms with van der Waals surface area (Å²) in [6, 6.07) is 2.19. The number of phosphoric acid groups is 1. The summed E-state index contributed by atoms with van der Waals surface area (Å²) in [5.41, 5.74) is 3.94. The van der Waals surface area contributed by atoms with Gasteiger partial charge in [0.1, 0.15) is 29.6 Å². The molecule has 2 N–H and O–H groups in total. The number of carbonyl (C=O) groups is 2. The molecule has 352 valence electrons. The van der Waals surface area contributed by atoms with Crippen molar-refractivity contribution in [1.29, 1.82) is 0 Å². The maximum atomic E-state index is 12.7. The minimum atomic E-state index is -4.37. The summed E-state index contributed by atoms with van der Waals surface area (Å²) in [5.74, 6) is 3.74. The second-order valence-corrected chi connectivity index (χ2v) is 18.5. The number of likely N-dealkylation sites (N-methyl/N-ethyl adjacent to an activating group) is 1. The second-order valence-electron chi connectivity index (χ2n) is 17.1. The Labute approximate surface area is 370 Å². The molecule has 0 saturated carbocycles. The molecule has 2 atom stereocenters. The topological polar surface area (TPSA) is 147 Å². The Balaban J connectivity index is 1.58. The zero-order valence-electron chi connectivity index (χ0n) is 39.4. The molecule has 61 heavy (non-hydrogen) atoms. The first-order chi connectivity index (χ1) is 29.5. The lowest BCUT2D eigenvalue weighted by Gasteiger charge is -2.20. The highest BCUT2D eigenvalue weighted by Crippen LogP contribution is 2.43. The molecule has 0 fully saturated rings. The van der Waals surface area contributed by atoms with Crippen molar-refractivity contribution in [2.75, 3.05) is 33.4 Å². The molecular weight excluding hydrogens is 794 g/mol. The molecule has 1 unspecified atom stereocenters. The van der Waals surface area contributed by atoms with Crippen molar-refractivity contribution in [3.8, 4) is 0 Å². The van der Waals surface area contributed by atoms with Crippen molar-refractivity contribution in [2.45, 2.75) is 221 Å². The van der Waals surface area contributed by atoms with E-state index in [1.165, 1.54) is 105 Å². The van der Waals surface area contributed by atoms with Crippen molar-refractivity contribution >= 4 is 19.8 Å². The van der Waals surface area contributed by atoms with Gasteiger partial charge in [0.05, 0.1) is 13.2 Å². The Bertz CT molecular complexity index is 1490. The predicted molar refractivity (Wildman–Crippen MR) is 245 cm³/mol. The van der Waals surface area contributed by atoms with E-state index in [9.17, 15) is 19.0 Å². The van der Waals surface area contributed by atoms with E-state index in [0.29, 0.717) is 13.0 Å². The third kappa shape index (κ3) is 26.1. The monoisotopic (exact) mass is 880 g/mol. The highest BCUT2D eigenvalue weighted by molar-refractivity contribution is 7.47. The number of unbranched alkanes of at least 4 members (excludes halogenated alkanes) is 18. The average molecular weight is 880 g/mol. The van der Waals surface area contributed by atoms with Gasteiger partial charge in [0, 0.05) is 45.1 Å². The molecule has 0 aliphatic rings. The van der Waals surface area contributed by atoms with Crippen LogP contribution in [0.25, 0.3) is 0 Å². The summed E-state index contributed by atoms with van der Waals surface area (Å²) in [6.45, 7) is 10.6. The van der Waals surface area contributed by atoms with E-state index in [4.69, 9.17) is 27.4 Å². The number of ether oxygens (including phenoxy) is 2. The van der Waals surface area contributed by atoms with Gasteiger partial charge in [-0.15, -0.1) is 0 Å². The van der Waals surface area contributed by atoms with E-state index < -0.39 is 26.5 Å². The van der Waals surface area contributed by atoms with Crippen LogP contribution in [-0.4, -0.2) is 56.3 Å². The highest BCUT2D eigenvalue weighted by Gasteiger charge is 2.26. The lowest BCUT2D eigenvalue weighted by molar-refractivity contribution is -0.161. The molecule has 2 heterocycles. The highest BCUT2D eigenvalue weighted by atomic mass is 31.2. The zero-order chi connectivity index (χ0) is 44.6. The number of rotatable bonds is 40. The first kappa shape index (κ1) is 54.7. The number of carbonyl (C=O) groups excluding carboxylic acids is 2. The van der Waals surface area contributed by atoms with E-state index in [2.05, 4.69) is 46.0 Å². The minimum absolute atomic E-state index is 0.0288. The van der Waals surface area contributed by atoms with E-state index in [0.717, 1.165) is 95.0 Å². The Morgan fingerprint density at radius 2 is 1.10 bits per heavy atom. The zero-order valence-corrected chi connectivity index (χ0v) is 40.2. The van der Waals surface area contributed by atoms with Gasteiger partial charge in [-0.05, 0) is 89.1 Å². The molecule has 0 aromatic carbocycles. The molecule has 0 amide bonds. The predicted octanol–water partition coefficient (Wildman–Crippen LogP) is 12.9. The van der Waals surface area contributed by atoms with Crippen LogP contribution in [0.5, 0.6) is 0 Å². The number of phosphoric ester groups is 1. The fourth-order valence-corrected chi connectivity index (χ4v) is 8.32. The van der Waals surface area contributed by atoms with Crippen LogP contribution in [0.1, 0.15) is 208 Å². The third-order valence-corrected chi connectivity index (χ3v) is 12.6. The number of hydrogen-bond acceptors (Lipinski definition) is 10. The van der Waals surface area contributed by atoms with Crippen LogP contribution >= 0.6 is 7.82 Å². The molecule has 0 saturated heterocycles. The Morgan fingerprint density at radius 3 is 1.64 bits per heavy atom. The summed E-state index contributed by atoms with van der Waals surface area (Å²) >= 11 is 0. The molecule has 11 nitrogen and oxygen atoms in total.